The second-order valence-corrected chi connectivity index (χ2v) is 6.11. The van der Waals surface area contributed by atoms with E-state index in [1.807, 2.05) is 92.0 Å². The fourth-order valence-electron chi connectivity index (χ4n) is 3.41. The number of carbonyl (C=O) groups excluding carboxylic acids is 1. The smallest absolute Gasteiger partial charge is 0.254 e. The number of hydrogen-bond acceptors (Lipinski definition) is 1. The van der Waals surface area contributed by atoms with Gasteiger partial charge in [0.25, 0.3) is 5.91 Å². The van der Waals surface area contributed by atoms with E-state index in [4.69, 9.17) is 0 Å². The molecule has 4 rings (SSSR count). The highest BCUT2D eigenvalue weighted by Gasteiger charge is 2.50. The van der Waals surface area contributed by atoms with Crippen LogP contribution < -0.4 is 4.90 Å². The van der Waals surface area contributed by atoms with Gasteiger partial charge in [0.2, 0.25) is 0 Å². The maximum Gasteiger partial charge on any atom is 0.254 e. The molecule has 0 bridgehead atoms. The van der Waals surface area contributed by atoms with Crippen molar-refractivity contribution < 1.29 is 4.79 Å². The Morgan fingerprint density at radius 2 is 1.40 bits per heavy atom. The molecule has 0 saturated carbocycles. The molecule has 0 N–H and O–H groups in total. The molecular formula is C23H17NO. The van der Waals surface area contributed by atoms with Gasteiger partial charge in [0.1, 0.15) is 0 Å². The van der Waals surface area contributed by atoms with Crippen LogP contribution >= 0.6 is 0 Å². The summed E-state index contributed by atoms with van der Waals surface area (Å²) in [6, 6.07) is 27.5. The van der Waals surface area contributed by atoms with Crippen LogP contribution in [0.25, 0.3) is 0 Å². The topological polar surface area (TPSA) is 20.3 Å². The average molecular weight is 323 g/mol. The van der Waals surface area contributed by atoms with E-state index in [0.29, 0.717) is 0 Å². The minimum Gasteiger partial charge on any atom is -0.313 e. The van der Waals surface area contributed by atoms with E-state index in [1.165, 1.54) is 0 Å². The molecule has 0 spiro atoms. The Balaban J connectivity index is 1.99. The van der Waals surface area contributed by atoms with Crippen molar-refractivity contribution in [3.63, 3.8) is 0 Å². The highest BCUT2D eigenvalue weighted by Crippen LogP contribution is 2.45. The van der Waals surface area contributed by atoms with Crippen LogP contribution in [0.4, 0.5) is 5.69 Å². The van der Waals surface area contributed by atoms with E-state index >= 15 is 0 Å². The Morgan fingerprint density at radius 1 is 0.800 bits per heavy atom. The Morgan fingerprint density at radius 3 is 2.12 bits per heavy atom. The maximum absolute atomic E-state index is 13.3. The summed E-state index contributed by atoms with van der Waals surface area (Å²) in [4.78, 5) is 15.0. The molecule has 120 valence electrons. The van der Waals surface area contributed by atoms with Gasteiger partial charge in [-0.05, 0) is 23.8 Å². The van der Waals surface area contributed by atoms with Crippen LogP contribution in [0, 0.1) is 11.8 Å². The highest BCUT2D eigenvalue weighted by atomic mass is 16.2. The van der Waals surface area contributed by atoms with Gasteiger partial charge < -0.3 is 4.90 Å². The molecule has 1 aliphatic rings. The van der Waals surface area contributed by atoms with Crippen molar-refractivity contribution in [2.75, 3.05) is 11.9 Å². The first kappa shape index (κ1) is 15.2. The van der Waals surface area contributed by atoms with Crippen molar-refractivity contribution in [2.24, 2.45) is 0 Å². The van der Waals surface area contributed by atoms with E-state index in [2.05, 4.69) is 11.8 Å². The van der Waals surface area contributed by atoms with Crippen molar-refractivity contribution in [2.45, 2.75) is 5.41 Å². The quantitative estimate of drug-likeness (QED) is 0.620. The largest absolute Gasteiger partial charge is 0.313 e. The number of nitrogens with zero attached hydrogens (tertiary/aromatic N) is 1. The number of anilines is 1. The molecule has 0 fully saturated rings. The normalized spacial score (nSPS) is 18.4. The van der Waals surface area contributed by atoms with Crippen LogP contribution in [0.1, 0.15) is 16.7 Å². The van der Waals surface area contributed by atoms with E-state index in [-0.39, 0.29) is 5.91 Å². The predicted octanol–water partition coefficient (Wildman–Crippen LogP) is 4.00. The molecule has 25 heavy (non-hydrogen) atoms. The molecule has 1 atom stereocenters. The van der Waals surface area contributed by atoms with Gasteiger partial charge in [-0.15, -0.1) is 0 Å². The number of carbonyl (C=O) groups is 1. The van der Waals surface area contributed by atoms with E-state index in [9.17, 15) is 4.79 Å². The second kappa shape index (κ2) is 5.96. The third-order valence-electron chi connectivity index (χ3n) is 4.67. The minimum absolute atomic E-state index is 0.0108. The van der Waals surface area contributed by atoms with Gasteiger partial charge in [0, 0.05) is 23.9 Å². The molecule has 3 aromatic rings. The van der Waals surface area contributed by atoms with Crippen molar-refractivity contribution in [1.29, 1.82) is 0 Å². The number of likely N-dealkylation sites (N-methyl/N-ethyl adjacent to an activating group) is 1. The number of benzene rings is 3. The first-order valence-electron chi connectivity index (χ1n) is 8.25. The summed E-state index contributed by atoms with van der Waals surface area (Å²) in [6.07, 6.45) is 0. The lowest BCUT2D eigenvalue weighted by atomic mass is 9.76. The van der Waals surface area contributed by atoms with Crippen molar-refractivity contribution in [3.8, 4) is 11.8 Å². The number of hydrogen-bond donors (Lipinski definition) is 0. The molecule has 2 heteroatoms. The van der Waals surface area contributed by atoms with Crippen LogP contribution in [0.2, 0.25) is 0 Å². The van der Waals surface area contributed by atoms with Crippen LogP contribution in [0.5, 0.6) is 0 Å². The summed E-state index contributed by atoms with van der Waals surface area (Å²) < 4.78 is 0. The predicted molar refractivity (Wildman–Crippen MR) is 100 cm³/mol. The number of para-hydroxylation sites is 1. The Labute approximate surface area is 147 Å². The standard InChI is InChI=1S/C23H17NO/c1-24-21-15-9-8-14-20(21)23(22(24)25,19-12-6-3-7-13-19)17-16-18-10-4-2-5-11-18/h2-15H,1H3. The Bertz CT molecular complexity index is 983. The van der Waals surface area contributed by atoms with E-state index in [1.54, 1.807) is 4.90 Å². The lowest BCUT2D eigenvalue weighted by Gasteiger charge is -2.23. The van der Waals surface area contributed by atoms with Crippen LogP contribution in [0.15, 0.2) is 84.9 Å². The zero-order valence-electron chi connectivity index (χ0n) is 13.9. The zero-order valence-corrected chi connectivity index (χ0v) is 13.9. The Kier molecular flexibility index (Phi) is 3.63. The third-order valence-corrected chi connectivity index (χ3v) is 4.67. The summed E-state index contributed by atoms with van der Waals surface area (Å²) in [5, 5.41) is 0. The Hall–Kier alpha value is -3.31. The molecule has 3 aromatic carbocycles. The fraction of sp³-hybridized carbons (Fsp3) is 0.0870. The lowest BCUT2D eigenvalue weighted by molar-refractivity contribution is -0.120. The van der Waals surface area contributed by atoms with E-state index < -0.39 is 5.41 Å². The van der Waals surface area contributed by atoms with Gasteiger partial charge in [-0.2, -0.15) is 0 Å². The highest BCUT2D eigenvalue weighted by molar-refractivity contribution is 6.12. The lowest BCUT2D eigenvalue weighted by Crippen LogP contribution is -2.38. The van der Waals surface area contributed by atoms with Crippen LogP contribution in [0.3, 0.4) is 0 Å². The minimum atomic E-state index is -0.970. The van der Waals surface area contributed by atoms with E-state index in [0.717, 1.165) is 22.4 Å². The third kappa shape index (κ3) is 2.33. The molecule has 0 aliphatic carbocycles. The summed E-state index contributed by atoms with van der Waals surface area (Å²) >= 11 is 0. The van der Waals surface area contributed by atoms with Crippen LogP contribution in [-0.4, -0.2) is 13.0 Å². The molecule has 1 heterocycles. The SMILES string of the molecule is CN1C(=O)C(C#Cc2ccccc2)(c2ccccc2)c2ccccc21. The monoisotopic (exact) mass is 323 g/mol. The maximum atomic E-state index is 13.3. The molecule has 1 amide bonds. The first-order valence-corrected chi connectivity index (χ1v) is 8.25. The molecule has 1 aliphatic heterocycles. The van der Waals surface area contributed by atoms with Gasteiger partial charge >= 0.3 is 0 Å². The fourth-order valence-corrected chi connectivity index (χ4v) is 3.41. The molecular weight excluding hydrogens is 306 g/mol. The number of rotatable bonds is 1. The van der Waals surface area contributed by atoms with Gasteiger partial charge in [0.15, 0.2) is 5.41 Å². The summed E-state index contributed by atoms with van der Waals surface area (Å²) in [6.45, 7) is 0. The van der Waals surface area contributed by atoms with Crippen LogP contribution in [-0.2, 0) is 10.2 Å². The zero-order chi connectivity index (χ0) is 17.3. The molecule has 2 nitrogen and oxygen atoms in total. The number of fused-ring (bicyclic) bond motifs is 1. The van der Waals surface area contributed by atoms with Gasteiger partial charge in [-0.1, -0.05) is 78.6 Å². The molecule has 0 radical (unpaired) electrons. The van der Waals surface area contributed by atoms with Gasteiger partial charge in [-0.3, -0.25) is 4.79 Å². The van der Waals surface area contributed by atoms with Gasteiger partial charge in [0.05, 0.1) is 0 Å². The summed E-state index contributed by atoms with van der Waals surface area (Å²) in [5.74, 6) is 6.53. The summed E-state index contributed by atoms with van der Waals surface area (Å²) in [5.41, 5.74) is 2.69. The first-order chi connectivity index (χ1) is 12.2. The van der Waals surface area contributed by atoms with Gasteiger partial charge in [-0.25, -0.2) is 0 Å². The average Bonchev–Trinajstić information content (AvgIpc) is 2.90. The second-order valence-electron chi connectivity index (χ2n) is 6.11. The van der Waals surface area contributed by atoms with Crippen molar-refractivity contribution >= 4 is 11.6 Å². The molecule has 0 aromatic heterocycles. The number of amides is 1. The molecule has 1 unspecified atom stereocenters. The molecule has 0 saturated heterocycles. The van der Waals surface area contributed by atoms with Crippen molar-refractivity contribution in [3.05, 3.63) is 102 Å². The summed E-state index contributed by atoms with van der Waals surface area (Å²) in [7, 11) is 1.82. The van der Waals surface area contributed by atoms with Crippen molar-refractivity contribution in [1.82, 2.24) is 0 Å².